The standard InChI is InChI=1S/C19H11F5N2O3/c20-12-8-13(21)14(7-11(12)17(25)27)26-18(28)16-5-4-15(29-16)9-2-1-3-10(6-9)19(22,23)24/h1-8H,(H2,25,27)(H,26,28). The van der Waals surface area contributed by atoms with Gasteiger partial charge in [-0.25, -0.2) is 8.78 Å². The van der Waals surface area contributed by atoms with E-state index < -0.39 is 46.4 Å². The zero-order chi connectivity index (χ0) is 21.3. The Bertz CT molecular complexity index is 1110. The highest BCUT2D eigenvalue weighted by atomic mass is 19.4. The Kier molecular flexibility index (Phi) is 5.10. The molecule has 0 aliphatic carbocycles. The third-order valence-corrected chi connectivity index (χ3v) is 3.87. The lowest BCUT2D eigenvalue weighted by molar-refractivity contribution is -0.137. The van der Waals surface area contributed by atoms with E-state index in [1.54, 1.807) is 0 Å². The predicted octanol–water partition coefficient (Wildman–Crippen LogP) is 4.59. The summed E-state index contributed by atoms with van der Waals surface area (Å²) in [6.07, 6.45) is -4.55. The van der Waals surface area contributed by atoms with Crippen molar-refractivity contribution in [1.82, 2.24) is 0 Å². The van der Waals surface area contributed by atoms with Gasteiger partial charge in [-0.1, -0.05) is 12.1 Å². The molecule has 0 aliphatic heterocycles. The average Bonchev–Trinajstić information content (AvgIpc) is 3.13. The van der Waals surface area contributed by atoms with Crippen molar-refractivity contribution in [2.75, 3.05) is 5.32 Å². The monoisotopic (exact) mass is 410 g/mol. The van der Waals surface area contributed by atoms with E-state index in [4.69, 9.17) is 10.2 Å². The Hall–Kier alpha value is -3.69. The molecule has 3 N–H and O–H groups in total. The van der Waals surface area contributed by atoms with Crippen molar-refractivity contribution in [1.29, 1.82) is 0 Å². The van der Waals surface area contributed by atoms with Crippen molar-refractivity contribution in [3.63, 3.8) is 0 Å². The van der Waals surface area contributed by atoms with E-state index >= 15 is 0 Å². The number of benzene rings is 2. The Balaban J connectivity index is 1.86. The van der Waals surface area contributed by atoms with Crippen LogP contribution in [0.1, 0.15) is 26.5 Å². The van der Waals surface area contributed by atoms with Crippen molar-refractivity contribution in [3.8, 4) is 11.3 Å². The maximum absolute atomic E-state index is 13.9. The number of furan rings is 1. The third kappa shape index (κ3) is 4.26. The number of carbonyl (C=O) groups excluding carboxylic acids is 2. The highest BCUT2D eigenvalue weighted by molar-refractivity contribution is 6.03. The van der Waals surface area contributed by atoms with Crippen LogP contribution in [0.3, 0.4) is 0 Å². The lowest BCUT2D eigenvalue weighted by Crippen LogP contribution is -2.17. The van der Waals surface area contributed by atoms with Gasteiger partial charge in [0.15, 0.2) is 5.76 Å². The second-order valence-corrected chi connectivity index (χ2v) is 5.87. The summed E-state index contributed by atoms with van der Waals surface area (Å²) < 4.78 is 71.1. The molecule has 0 saturated heterocycles. The fraction of sp³-hybridized carbons (Fsp3) is 0.0526. The van der Waals surface area contributed by atoms with Crippen LogP contribution in [0.25, 0.3) is 11.3 Å². The average molecular weight is 410 g/mol. The summed E-state index contributed by atoms with van der Waals surface area (Å²) in [5, 5.41) is 2.09. The fourth-order valence-electron chi connectivity index (χ4n) is 2.48. The van der Waals surface area contributed by atoms with Crippen LogP contribution >= 0.6 is 0 Å². The van der Waals surface area contributed by atoms with Crippen LogP contribution in [0, 0.1) is 11.6 Å². The van der Waals surface area contributed by atoms with Gasteiger partial charge in [0.05, 0.1) is 16.8 Å². The Morgan fingerprint density at radius 1 is 0.966 bits per heavy atom. The Morgan fingerprint density at radius 3 is 2.34 bits per heavy atom. The molecule has 1 aromatic heterocycles. The van der Waals surface area contributed by atoms with Gasteiger partial charge >= 0.3 is 6.18 Å². The molecule has 0 saturated carbocycles. The quantitative estimate of drug-likeness (QED) is 0.617. The maximum Gasteiger partial charge on any atom is 0.416 e. The molecular weight excluding hydrogens is 399 g/mol. The summed E-state index contributed by atoms with van der Waals surface area (Å²) in [4.78, 5) is 23.4. The second-order valence-electron chi connectivity index (χ2n) is 5.87. The van der Waals surface area contributed by atoms with E-state index in [2.05, 4.69) is 5.32 Å². The van der Waals surface area contributed by atoms with Crippen LogP contribution < -0.4 is 11.1 Å². The number of carbonyl (C=O) groups is 2. The summed E-state index contributed by atoms with van der Waals surface area (Å²) in [5.41, 5.74) is 2.99. The number of hydrogen-bond acceptors (Lipinski definition) is 3. The summed E-state index contributed by atoms with van der Waals surface area (Å²) in [7, 11) is 0. The van der Waals surface area contributed by atoms with Crippen molar-refractivity contribution < 1.29 is 36.0 Å². The van der Waals surface area contributed by atoms with Gasteiger partial charge in [0.1, 0.15) is 17.4 Å². The van der Waals surface area contributed by atoms with E-state index in [1.165, 1.54) is 24.3 Å². The molecule has 0 aliphatic rings. The molecule has 1 heterocycles. The molecule has 0 unspecified atom stereocenters. The molecule has 2 aromatic carbocycles. The number of alkyl halides is 3. The van der Waals surface area contributed by atoms with Crippen molar-refractivity contribution >= 4 is 17.5 Å². The highest BCUT2D eigenvalue weighted by Crippen LogP contribution is 2.32. The zero-order valence-electron chi connectivity index (χ0n) is 14.3. The van der Waals surface area contributed by atoms with E-state index in [0.29, 0.717) is 6.07 Å². The highest BCUT2D eigenvalue weighted by Gasteiger charge is 2.30. The molecule has 0 fully saturated rings. The number of halogens is 5. The minimum Gasteiger partial charge on any atom is -0.451 e. The number of nitrogens with one attached hydrogen (secondary N) is 1. The normalized spacial score (nSPS) is 11.3. The number of primary amides is 1. The minimum atomic E-state index is -4.55. The SMILES string of the molecule is NC(=O)c1cc(NC(=O)c2ccc(-c3cccc(C(F)(F)F)c3)o2)c(F)cc1F. The van der Waals surface area contributed by atoms with Crippen LogP contribution in [-0.4, -0.2) is 11.8 Å². The molecule has 0 spiro atoms. The molecule has 3 aromatic rings. The number of rotatable bonds is 4. The Labute approximate surface area is 159 Å². The van der Waals surface area contributed by atoms with Crippen LogP contribution in [0.15, 0.2) is 52.9 Å². The summed E-state index contributed by atoms with van der Waals surface area (Å²) in [6.45, 7) is 0. The number of anilines is 1. The maximum atomic E-state index is 13.9. The van der Waals surface area contributed by atoms with Gasteiger partial charge in [0.2, 0.25) is 0 Å². The number of amides is 2. The molecule has 150 valence electrons. The molecule has 3 rings (SSSR count). The van der Waals surface area contributed by atoms with E-state index in [9.17, 15) is 31.5 Å². The first-order chi connectivity index (χ1) is 13.6. The fourth-order valence-corrected chi connectivity index (χ4v) is 2.48. The van der Waals surface area contributed by atoms with Crippen LogP contribution in [0.5, 0.6) is 0 Å². The predicted molar refractivity (Wildman–Crippen MR) is 92.0 cm³/mol. The first-order valence-electron chi connectivity index (χ1n) is 7.94. The third-order valence-electron chi connectivity index (χ3n) is 3.87. The molecule has 5 nitrogen and oxygen atoms in total. The lowest BCUT2D eigenvalue weighted by Gasteiger charge is -2.08. The summed E-state index contributed by atoms with van der Waals surface area (Å²) >= 11 is 0. The minimum absolute atomic E-state index is 0.0290. The van der Waals surface area contributed by atoms with Gasteiger partial charge in [-0.05, 0) is 30.3 Å². The van der Waals surface area contributed by atoms with Gasteiger partial charge < -0.3 is 15.5 Å². The topological polar surface area (TPSA) is 85.3 Å². The smallest absolute Gasteiger partial charge is 0.416 e. The molecule has 29 heavy (non-hydrogen) atoms. The zero-order valence-corrected chi connectivity index (χ0v) is 14.3. The van der Waals surface area contributed by atoms with Gasteiger partial charge in [-0.15, -0.1) is 0 Å². The van der Waals surface area contributed by atoms with Gasteiger partial charge in [0, 0.05) is 11.6 Å². The number of hydrogen-bond donors (Lipinski definition) is 2. The first kappa shape index (κ1) is 20.1. The van der Waals surface area contributed by atoms with E-state index in [-0.39, 0.29) is 17.1 Å². The summed E-state index contributed by atoms with van der Waals surface area (Å²) in [6, 6.07) is 7.80. The van der Waals surface area contributed by atoms with Crippen LogP contribution in [0.4, 0.5) is 27.6 Å². The van der Waals surface area contributed by atoms with Gasteiger partial charge in [-0.3, -0.25) is 9.59 Å². The molecule has 10 heteroatoms. The lowest BCUT2D eigenvalue weighted by atomic mass is 10.1. The van der Waals surface area contributed by atoms with Crippen molar-refractivity contribution in [2.45, 2.75) is 6.18 Å². The van der Waals surface area contributed by atoms with E-state index in [1.807, 2.05) is 0 Å². The van der Waals surface area contributed by atoms with E-state index in [0.717, 1.165) is 18.2 Å². The van der Waals surface area contributed by atoms with Crippen molar-refractivity contribution in [3.05, 3.63) is 77.1 Å². The Morgan fingerprint density at radius 2 is 1.69 bits per heavy atom. The number of nitrogens with two attached hydrogens (primary N) is 1. The van der Waals surface area contributed by atoms with Crippen molar-refractivity contribution in [2.24, 2.45) is 5.73 Å². The molecule has 0 bridgehead atoms. The second kappa shape index (κ2) is 7.38. The molecular formula is C19H11F5N2O3. The van der Waals surface area contributed by atoms with Gasteiger partial charge in [-0.2, -0.15) is 13.2 Å². The van der Waals surface area contributed by atoms with Crippen LogP contribution in [0.2, 0.25) is 0 Å². The molecule has 2 amide bonds. The molecule has 0 radical (unpaired) electrons. The van der Waals surface area contributed by atoms with Gasteiger partial charge in [0.25, 0.3) is 11.8 Å². The summed E-state index contributed by atoms with van der Waals surface area (Å²) in [5.74, 6) is -4.87. The molecule has 0 atom stereocenters. The largest absolute Gasteiger partial charge is 0.451 e. The van der Waals surface area contributed by atoms with Crippen LogP contribution in [-0.2, 0) is 6.18 Å². The first-order valence-corrected chi connectivity index (χ1v) is 7.94.